The van der Waals surface area contributed by atoms with Gasteiger partial charge in [0.2, 0.25) is 0 Å². The van der Waals surface area contributed by atoms with Crippen LogP contribution in [0.4, 0.5) is 17.1 Å². The number of anilines is 3. The van der Waals surface area contributed by atoms with Gasteiger partial charge in [-0.3, -0.25) is 0 Å². The smallest absolute Gasteiger partial charge is 0.346 e. The minimum atomic E-state index is -1.21. The van der Waals surface area contributed by atoms with Gasteiger partial charge in [-0.25, -0.2) is 4.79 Å². The molecule has 4 nitrogen and oxygen atoms in total. The molecule has 206 valence electrons. The Morgan fingerprint density at radius 2 is 1.50 bits per heavy atom. The summed E-state index contributed by atoms with van der Waals surface area (Å²) < 4.78 is 0. The molecule has 4 heteroatoms. The van der Waals surface area contributed by atoms with Crippen LogP contribution in [0.25, 0.3) is 28.0 Å². The van der Waals surface area contributed by atoms with Crippen molar-refractivity contribution >= 4 is 39.9 Å². The fourth-order valence-corrected chi connectivity index (χ4v) is 6.45. The highest BCUT2D eigenvalue weighted by Crippen LogP contribution is 2.53. The normalized spacial score (nSPS) is 13.3. The van der Waals surface area contributed by atoms with Crippen LogP contribution in [0.3, 0.4) is 0 Å². The van der Waals surface area contributed by atoms with Gasteiger partial charge in [0.1, 0.15) is 11.6 Å². The van der Waals surface area contributed by atoms with Crippen LogP contribution in [0, 0.1) is 11.3 Å². The second-order valence-electron chi connectivity index (χ2n) is 11.3. The molecule has 0 amide bonds. The number of nitrogens with zero attached hydrogens (tertiary/aromatic N) is 2. The van der Waals surface area contributed by atoms with E-state index in [0.29, 0.717) is 0 Å². The van der Waals surface area contributed by atoms with Crippen molar-refractivity contribution in [2.75, 3.05) is 4.90 Å². The van der Waals surface area contributed by atoms with E-state index in [1.54, 1.807) is 0 Å². The highest BCUT2D eigenvalue weighted by molar-refractivity contribution is 5.97. The van der Waals surface area contributed by atoms with Gasteiger partial charge < -0.3 is 10.0 Å². The van der Waals surface area contributed by atoms with Crippen LogP contribution >= 0.6 is 0 Å². The standard InChI is InChI=1S/C38H32N2O2/c1-4-10-32-27(21-28(24-39)37(41)42)16-19-34-33-20-18-31(23-35(33)38(2,3)36(32)34)40(29-13-6-5-7-14-29)30-17-15-25-11-8-9-12-26(25)22-30/h5-9,11-23H,4,10H2,1-3H3,(H,41,42). The molecule has 1 aliphatic rings. The second-order valence-corrected chi connectivity index (χ2v) is 11.3. The topological polar surface area (TPSA) is 64.3 Å². The van der Waals surface area contributed by atoms with Crippen LogP contribution in [0.2, 0.25) is 0 Å². The Kier molecular flexibility index (Phi) is 6.88. The average Bonchev–Trinajstić information content (AvgIpc) is 3.23. The molecule has 0 aliphatic heterocycles. The Morgan fingerprint density at radius 3 is 2.21 bits per heavy atom. The van der Waals surface area contributed by atoms with Crippen LogP contribution in [-0.4, -0.2) is 11.1 Å². The molecular weight excluding hydrogens is 516 g/mol. The molecule has 0 saturated heterocycles. The van der Waals surface area contributed by atoms with Gasteiger partial charge in [-0.05, 0) is 93.0 Å². The molecule has 42 heavy (non-hydrogen) atoms. The van der Waals surface area contributed by atoms with Gasteiger partial charge in [-0.1, -0.05) is 93.9 Å². The maximum atomic E-state index is 11.7. The third kappa shape index (κ3) is 4.54. The summed E-state index contributed by atoms with van der Waals surface area (Å²) >= 11 is 0. The maximum Gasteiger partial charge on any atom is 0.346 e. The monoisotopic (exact) mass is 548 g/mol. The maximum absolute atomic E-state index is 11.7. The first-order valence-corrected chi connectivity index (χ1v) is 14.3. The van der Waals surface area contributed by atoms with Crippen molar-refractivity contribution in [3.05, 3.63) is 131 Å². The number of hydrogen-bond donors (Lipinski definition) is 1. The van der Waals surface area contributed by atoms with Crippen LogP contribution in [0.15, 0.2) is 109 Å². The zero-order valence-electron chi connectivity index (χ0n) is 24.1. The average molecular weight is 549 g/mol. The number of carboxylic acids is 1. The number of benzene rings is 5. The van der Waals surface area contributed by atoms with Crippen LogP contribution in [0.5, 0.6) is 0 Å². The van der Waals surface area contributed by atoms with Gasteiger partial charge in [0.25, 0.3) is 0 Å². The van der Waals surface area contributed by atoms with Crippen molar-refractivity contribution in [3.63, 3.8) is 0 Å². The minimum Gasteiger partial charge on any atom is -0.477 e. The van der Waals surface area contributed by atoms with Gasteiger partial charge in [0, 0.05) is 22.5 Å². The Hall–Kier alpha value is -5.14. The van der Waals surface area contributed by atoms with Crippen molar-refractivity contribution in [2.24, 2.45) is 0 Å². The summed E-state index contributed by atoms with van der Waals surface area (Å²) in [7, 11) is 0. The predicted molar refractivity (Wildman–Crippen MR) is 171 cm³/mol. The van der Waals surface area contributed by atoms with Gasteiger partial charge in [0.15, 0.2) is 0 Å². The molecule has 1 N–H and O–H groups in total. The van der Waals surface area contributed by atoms with Crippen molar-refractivity contribution in [1.82, 2.24) is 0 Å². The van der Waals surface area contributed by atoms with E-state index in [-0.39, 0.29) is 11.0 Å². The lowest BCUT2D eigenvalue weighted by Gasteiger charge is -2.29. The lowest BCUT2D eigenvalue weighted by Crippen LogP contribution is -2.19. The quantitative estimate of drug-likeness (QED) is 0.162. The summed E-state index contributed by atoms with van der Waals surface area (Å²) in [6, 6.07) is 38.1. The van der Waals surface area contributed by atoms with Crippen LogP contribution in [-0.2, 0) is 16.6 Å². The van der Waals surface area contributed by atoms with Crippen molar-refractivity contribution in [3.8, 4) is 17.2 Å². The molecule has 5 aromatic carbocycles. The predicted octanol–water partition coefficient (Wildman–Crippen LogP) is 9.56. The van der Waals surface area contributed by atoms with Gasteiger partial charge >= 0.3 is 5.97 Å². The highest BCUT2D eigenvalue weighted by Gasteiger charge is 2.38. The molecule has 0 aromatic heterocycles. The number of aliphatic carboxylic acids is 1. The van der Waals surface area contributed by atoms with Gasteiger partial charge in [0.05, 0.1) is 0 Å². The Labute approximate surface area is 246 Å². The minimum absolute atomic E-state index is 0.253. The first kappa shape index (κ1) is 27.1. The summed E-state index contributed by atoms with van der Waals surface area (Å²) in [5.41, 5.74) is 9.39. The molecule has 0 atom stereocenters. The van der Waals surface area contributed by atoms with Crippen molar-refractivity contribution in [2.45, 2.75) is 39.0 Å². The summed E-state index contributed by atoms with van der Waals surface area (Å²) in [4.78, 5) is 14.0. The fourth-order valence-electron chi connectivity index (χ4n) is 6.45. The number of carbonyl (C=O) groups is 1. The molecule has 0 radical (unpaired) electrons. The van der Waals surface area contributed by atoms with Crippen molar-refractivity contribution in [1.29, 1.82) is 5.26 Å². The highest BCUT2D eigenvalue weighted by atomic mass is 16.4. The summed E-state index contributed by atoms with van der Waals surface area (Å²) in [6.45, 7) is 6.63. The number of carboxylic acid groups (broad SMARTS) is 1. The van der Waals surface area contributed by atoms with E-state index in [0.717, 1.165) is 41.0 Å². The second kappa shape index (κ2) is 10.7. The molecule has 0 bridgehead atoms. The number of hydrogen-bond acceptors (Lipinski definition) is 3. The summed E-state index contributed by atoms with van der Waals surface area (Å²) in [6.07, 6.45) is 3.23. The number of fused-ring (bicyclic) bond motifs is 4. The van der Waals surface area contributed by atoms with E-state index in [4.69, 9.17) is 0 Å². The largest absolute Gasteiger partial charge is 0.477 e. The fraction of sp³-hybridized carbons (Fsp3) is 0.158. The molecule has 5 aromatic rings. The number of rotatable bonds is 7. The SMILES string of the molecule is CCCc1c(C=C(C#N)C(=O)O)ccc2c1C(C)(C)c1cc(N(c3ccccc3)c3ccc4ccccc4c3)ccc1-2. The van der Waals surface area contributed by atoms with Gasteiger partial charge in [-0.15, -0.1) is 0 Å². The number of para-hydroxylation sites is 1. The molecule has 0 saturated carbocycles. The summed E-state index contributed by atoms with van der Waals surface area (Å²) in [5.74, 6) is -1.21. The summed E-state index contributed by atoms with van der Waals surface area (Å²) in [5, 5.41) is 21.4. The molecule has 0 heterocycles. The third-order valence-corrected chi connectivity index (χ3v) is 8.36. The molecule has 1 aliphatic carbocycles. The first-order chi connectivity index (χ1) is 20.3. The third-order valence-electron chi connectivity index (χ3n) is 8.36. The van der Waals surface area contributed by atoms with E-state index in [1.807, 2.05) is 18.2 Å². The first-order valence-electron chi connectivity index (χ1n) is 14.3. The van der Waals surface area contributed by atoms with E-state index < -0.39 is 5.97 Å². The van der Waals surface area contributed by atoms with Crippen LogP contribution in [0.1, 0.15) is 49.4 Å². The van der Waals surface area contributed by atoms with E-state index in [1.165, 1.54) is 39.1 Å². The molecule has 6 rings (SSSR count). The van der Waals surface area contributed by atoms with E-state index in [2.05, 4.69) is 117 Å². The number of nitriles is 1. The lowest BCUT2D eigenvalue weighted by atomic mass is 9.78. The van der Waals surface area contributed by atoms with Crippen LogP contribution < -0.4 is 4.90 Å². The van der Waals surface area contributed by atoms with E-state index in [9.17, 15) is 15.2 Å². The lowest BCUT2D eigenvalue weighted by molar-refractivity contribution is -0.132. The molecule has 0 fully saturated rings. The Morgan fingerprint density at radius 1 is 0.833 bits per heavy atom. The van der Waals surface area contributed by atoms with E-state index >= 15 is 0 Å². The Bertz CT molecular complexity index is 1910. The van der Waals surface area contributed by atoms with Crippen molar-refractivity contribution < 1.29 is 9.90 Å². The zero-order valence-corrected chi connectivity index (χ0v) is 24.1. The van der Waals surface area contributed by atoms with Gasteiger partial charge in [-0.2, -0.15) is 5.26 Å². The molecular formula is C38H32N2O2. The molecule has 0 spiro atoms. The molecule has 0 unspecified atom stereocenters. The zero-order chi connectivity index (χ0) is 29.4. The Balaban J connectivity index is 1.52.